The number of benzene rings is 1. The number of aromatic nitrogens is 2. The molecule has 5 rings (SSSR count). The van der Waals surface area contributed by atoms with Gasteiger partial charge in [-0.15, -0.1) is 0 Å². The van der Waals surface area contributed by atoms with E-state index in [1.54, 1.807) is 13.2 Å². The molecule has 2 saturated heterocycles. The fourth-order valence-corrected chi connectivity index (χ4v) is 5.47. The third kappa shape index (κ3) is 5.31. The van der Waals surface area contributed by atoms with Gasteiger partial charge in [-0.2, -0.15) is 0 Å². The summed E-state index contributed by atoms with van der Waals surface area (Å²) in [6, 6.07) is 13.5. The van der Waals surface area contributed by atoms with Crippen LogP contribution < -0.4 is 9.64 Å². The van der Waals surface area contributed by atoms with Crippen molar-refractivity contribution in [2.24, 2.45) is 5.92 Å². The van der Waals surface area contributed by atoms with Gasteiger partial charge in [0.15, 0.2) is 0 Å². The molecule has 0 spiro atoms. The lowest BCUT2D eigenvalue weighted by Gasteiger charge is -2.39. The van der Waals surface area contributed by atoms with Crippen molar-refractivity contribution in [2.45, 2.75) is 12.8 Å². The first kappa shape index (κ1) is 23.7. The summed E-state index contributed by atoms with van der Waals surface area (Å²) in [6.07, 6.45) is 7.86. The zero-order valence-corrected chi connectivity index (χ0v) is 20.9. The van der Waals surface area contributed by atoms with Crippen molar-refractivity contribution in [2.75, 3.05) is 57.8 Å². The molecular weight excluding hydrogens is 462 g/mol. The molecule has 1 aromatic carbocycles. The summed E-state index contributed by atoms with van der Waals surface area (Å²) in [5, 5.41) is 0.532. The predicted molar refractivity (Wildman–Crippen MR) is 139 cm³/mol. The third-order valence-corrected chi connectivity index (χ3v) is 7.35. The summed E-state index contributed by atoms with van der Waals surface area (Å²) >= 11 is 6.58. The lowest BCUT2D eigenvalue weighted by Crippen LogP contribution is -2.50. The van der Waals surface area contributed by atoms with E-state index >= 15 is 0 Å². The van der Waals surface area contributed by atoms with Gasteiger partial charge in [-0.3, -0.25) is 9.69 Å². The Balaban J connectivity index is 1.22. The Morgan fingerprint density at radius 3 is 2.60 bits per heavy atom. The van der Waals surface area contributed by atoms with Crippen LogP contribution in [-0.4, -0.2) is 78.2 Å². The van der Waals surface area contributed by atoms with Gasteiger partial charge in [0, 0.05) is 70.5 Å². The maximum Gasteiger partial charge on any atom is 0.257 e. The monoisotopic (exact) mass is 493 g/mol. The van der Waals surface area contributed by atoms with Gasteiger partial charge in [0.25, 0.3) is 5.91 Å². The molecule has 0 saturated carbocycles. The van der Waals surface area contributed by atoms with Crippen LogP contribution in [0.15, 0.2) is 61.1 Å². The van der Waals surface area contributed by atoms with Crippen molar-refractivity contribution in [1.82, 2.24) is 19.4 Å². The minimum Gasteiger partial charge on any atom is -0.496 e. The van der Waals surface area contributed by atoms with Crippen LogP contribution in [0.5, 0.6) is 5.75 Å². The van der Waals surface area contributed by atoms with Gasteiger partial charge in [0.05, 0.1) is 23.4 Å². The standard InChI is InChI=1S/C27H32ClN5O2/c1-35-25-18-24(31-10-4-5-11-31)23(28)17-22(25)27(34)33-12-6-7-21(20-33)19-30-13-15-32(16-14-30)26-8-2-3-9-29-26/h2-5,8-11,17-18,21H,6-7,12-16,19-20H2,1H3. The minimum atomic E-state index is -0.00697. The van der Waals surface area contributed by atoms with Crippen LogP contribution in [0, 0.1) is 5.92 Å². The average Bonchev–Trinajstić information content (AvgIpc) is 3.44. The number of pyridine rings is 1. The Bertz CT molecular complexity index is 1130. The first-order valence-corrected chi connectivity index (χ1v) is 12.7. The number of likely N-dealkylation sites (tertiary alicyclic amines) is 1. The number of nitrogens with zero attached hydrogens (tertiary/aromatic N) is 5. The van der Waals surface area contributed by atoms with E-state index < -0.39 is 0 Å². The lowest BCUT2D eigenvalue weighted by molar-refractivity contribution is 0.0634. The molecule has 2 aromatic heterocycles. The third-order valence-electron chi connectivity index (χ3n) is 7.05. The van der Waals surface area contributed by atoms with E-state index in [1.807, 2.05) is 58.4 Å². The predicted octanol–water partition coefficient (Wildman–Crippen LogP) is 4.21. The smallest absolute Gasteiger partial charge is 0.257 e. The van der Waals surface area contributed by atoms with E-state index in [-0.39, 0.29) is 5.91 Å². The van der Waals surface area contributed by atoms with Crippen LogP contribution in [0.4, 0.5) is 5.82 Å². The van der Waals surface area contributed by atoms with Gasteiger partial charge in [0.2, 0.25) is 0 Å². The second kappa shape index (κ2) is 10.7. The van der Waals surface area contributed by atoms with Crippen molar-refractivity contribution in [3.63, 3.8) is 0 Å². The van der Waals surface area contributed by atoms with Crippen molar-refractivity contribution in [3.8, 4) is 11.4 Å². The number of carbonyl (C=O) groups excluding carboxylic acids is 1. The number of halogens is 1. The van der Waals surface area contributed by atoms with Gasteiger partial charge in [-0.1, -0.05) is 17.7 Å². The van der Waals surface area contributed by atoms with Crippen molar-refractivity contribution in [1.29, 1.82) is 0 Å². The highest BCUT2D eigenvalue weighted by Crippen LogP contribution is 2.32. The van der Waals surface area contributed by atoms with Gasteiger partial charge in [0.1, 0.15) is 11.6 Å². The molecule has 2 aliphatic rings. The van der Waals surface area contributed by atoms with Crippen LogP contribution in [0.1, 0.15) is 23.2 Å². The quantitative estimate of drug-likeness (QED) is 0.515. The van der Waals surface area contributed by atoms with Crippen LogP contribution in [-0.2, 0) is 0 Å². The molecule has 1 atom stereocenters. The summed E-state index contributed by atoms with van der Waals surface area (Å²) in [7, 11) is 1.60. The first-order valence-electron chi connectivity index (χ1n) is 12.3. The molecule has 1 amide bonds. The summed E-state index contributed by atoms with van der Waals surface area (Å²) < 4.78 is 7.53. The molecule has 3 aromatic rings. The molecule has 0 bridgehead atoms. The maximum atomic E-state index is 13.5. The summed E-state index contributed by atoms with van der Waals surface area (Å²) in [6.45, 7) is 6.55. The van der Waals surface area contributed by atoms with Crippen molar-refractivity contribution >= 4 is 23.3 Å². The molecular formula is C27H32ClN5O2. The van der Waals surface area contributed by atoms with Crippen LogP contribution in [0.25, 0.3) is 5.69 Å². The number of ether oxygens (including phenoxy) is 1. The Hall–Kier alpha value is -3.03. The minimum absolute atomic E-state index is 0.00697. The fraction of sp³-hybridized carbons (Fsp3) is 0.407. The number of methoxy groups -OCH3 is 1. The summed E-state index contributed by atoms with van der Waals surface area (Å²) in [5.74, 6) is 2.06. The van der Waals surface area contributed by atoms with E-state index in [0.717, 1.165) is 70.2 Å². The lowest BCUT2D eigenvalue weighted by atomic mass is 9.96. The van der Waals surface area contributed by atoms with Crippen LogP contribution >= 0.6 is 11.6 Å². The molecule has 0 radical (unpaired) electrons. The molecule has 1 unspecified atom stereocenters. The normalized spacial score (nSPS) is 19.1. The highest BCUT2D eigenvalue weighted by atomic mass is 35.5. The number of piperazine rings is 1. The molecule has 7 nitrogen and oxygen atoms in total. The number of hydrogen-bond donors (Lipinski definition) is 0. The Morgan fingerprint density at radius 1 is 1.09 bits per heavy atom. The summed E-state index contributed by atoms with van der Waals surface area (Å²) in [4.78, 5) is 24.9. The number of piperidine rings is 1. The zero-order chi connectivity index (χ0) is 24.2. The van der Waals surface area contributed by atoms with E-state index in [0.29, 0.717) is 22.3 Å². The van der Waals surface area contributed by atoms with Gasteiger partial charge >= 0.3 is 0 Å². The Morgan fingerprint density at radius 2 is 1.89 bits per heavy atom. The van der Waals surface area contributed by atoms with Crippen molar-refractivity contribution in [3.05, 3.63) is 71.6 Å². The SMILES string of the molecule is COc1cc(-n2cccc2)c(Cl)cc1C(=O)N1CCCC(CN2CCN(c3ccccn3)CC2)C1. The number of rotatable bonds is 6. The maximum absolute atomic E-state index is 13.5. The molecule has 2 aliphatic heterocycles. The molecule has 0 N–H and O–H groups in total. The van der Waals surface area contributed by atoms with E-state index in [1.165, 1.54) is 0 Å². The number of anilines is 1. The van der Waals surface area contributed by atoms with E-state index in [2.05, 4.69) is 20.9 Å². The molecule has 8 heteroatoms. The largest absolute Gasteiger partial charge is 0.496 e. The average molecular weight is 494 g/mol. The molecule has 35 heavy (non-hydrogen) atoms. The number of amides is 1. The number of carbonyl (C=O) groups is 1. The Labute approximate surface area is 211 Å². The van der Waals surface area contributed by atoms with Crippen LogP contribution in [0.3, 0.4) is 0 Å². The molecule has 184 valence electrons. The summed E-state index contributed by atoms with van der Waals surface area (Å²) in [5.41, 5.74) is 1.32. The van der Waals surface area contributed by atoms with E-state index in [9.17, 15) is 4.79 Å². The second-order valence-corrected chi connectivity index (χ2v) is 9.74. The second-order valence-electron chi connectivity index (χ2n) is 9.33. The topological polar surface area (TPSA) is 53.8 Å². The van der Waals surface area contributed by atoms with E-state index in [4.69, 9.17) is 16.3 Å². The molecule has 0 aliphatic carbocycles. The molecule has 2 fully saturated rings. The number of hydrogen-bond acceptors (Lipinski definition) is 5. The molecule has 4 heterocycles. The first-order chi connectivity index (χ1) is 17.1. The highest BCUT2D eigenvalue weighted by molar-refractivity contribution is 6.33. The zero-order valence-electron chi connectivity index (χ0n) is 20.1. The van der Waals surface area contributed by atoms with Gasteiger partial charge in [-0.25, -0.2) is 4.98 Å². The van der Waals surface area contributed by atoms with Gasteiger partial charge in [-0.05, 0) is 49.1 Å². The van der Waals surface area contributed by atoms with Crippen LogP contribution in [0.2, 0.25) is 5.02 Å². The van der Waals surface area contributed by atoms with Gasteiger partial charge < -0.3 is 19.1 Å². The van der Waals surface area contributed by atoms with Crippen molar-refractivity contribution < 1.29 is 9.53 Å². The highest BCUT2D eigenvalue weighted by Gasteiger charge is 2.29. The Kier molecular flexibility index (Phi) is 7.25. The fourth-order valence-electron chi connectivity index (χ4n) is 5.21.